The molecule has 11 nitrogen and oxygen atoms in total. The van der Waals surface area contributed by atoms with Crippen LogP contribution in [0.5, 0.6) is 0 Å². The number of benzene rings is 1. The normalized spacial score (nSPS) is 18.9. The zero-order chi connectivity index (χ0) is 27.3. The number of carbonyl (C=O) groups excluding carboxylic acids is 3. The van der Waals surface area contributed by atoms with Crippen molar-refractivity contribution in [3.05, 3.63) is 36.0 Å². The number of rotatable bonds is 11. The van der Waals surface area contributed by atoms with E-state index in [0.717, 1.165) is 16.5 Å². The number of aliphatic carboxylic acids is 1. The molecule has 37 heavy (non-hydrogen) atoms. The van der Waals surface area contributed by atoms with Crippen LogP contribution in [0, 0.1) is 5.92 Å². The summed E-state index contributed by atoms with van der Waals surface area (Å²) < 4.78 is 0. The quantitative estimate of drug-likeness (QED) is 0.252. The molecule has 0 spiro atoms. The summed E-state index contributed by atoms with van der Waals surface area (Å²) in [7, 11) is 0. The highest BCUT2D eigenvalue weighted by atomic mass is 16.4. The molecule has 3 rings (SSSR count). The number of aromatic amines is 1. The summed E-state index contributed by atoms with van der Waals surface area (Å²) in [5, 5.41) is 25.1. The Morgan fingerprint density at radius 2 is 1.86 bits per heavy atom. The van der Waals surface area contributed by atoms with Crippen molar-refractivity contribution >= 4 is 34.6 Å². The van der Waals surface area contributed by atoms with Gasteiger partial charge in [-0.1, -0.05) is 32.0 Å². The first kappa shape index (κ1) is 28.1. The van der Waals surface area contributed by atoms with Crippen LogP contribution in [-0.4, -0.2) is 80.6 Å². The number of carbonyl (C=O) groups is 4. The zero-order valence-electron chi connectivity index (χ0n) is 21.4. The maximum absolute atomic E-state index is 13.5. The lowest BCUT2D eigenvalue weighted by Gasteiger charge is -2.31. The van der Waals surface area contributed by atoms with Gasteiger partial charge in [-0.05, 0) is 50.2 Å². The smallest absolute Gasteiger partial charge is 0.328 e. The Morgan fingerprint density at radius 1 is 1.16 bits per heavy atom. The molecule has 1 aliphatic rings. The van der Waals surface area contributed by atoms with Crippen LogP contribution in [0.2, 0.25) is 0 Å². The molecule has 0 radical (unpaired) electrons. The van der Waals surface area contributed by atoms with Gasteiger partial charge in [0.15, 0.2) is 6.04 Å². The molecule has 1 aliphatic heterocycles. The fourth-order valence-electron chi connectivity index (χ4n) is 4.74. The van der Waals surface area contributed by atoms with Gasteiger partial charge in [-0.15, -0.1) is 0 Å². The van der Waals surface area contributed by atoms with Crippen molar-refractivity contribution in [1.29, 1.82) is 0 Å². The first-order valence-corrected chi connectivity index (χ1v) is 12.6. The Morgan fingerprint density at radius 3 is 2.51 bits per heavy atom. The molecule has 0 bridgehead atoms. The molecule has 1 fully saturated rings. The Labute approximate surface area is 215 Å². The standard InChI is InChI=1S/C26H37N5O6/c1-14(2)11-20(29-23(33)18(27)12-16-13-28-19-8-5-4-7-17(16)19)25(35)31-10-6-9-21(31)24(34)30-22(15(3)32)26(36)37/h4-5,7-8,13-15,18,20-22,28,32H,6,9-12,27H2,1-3H3,(H,29,33)(H,30,34)(H,36,37). The molecule has 2 aromatic rings. The van der Waals surface area contributed by atoms with Crippen LogP contribution in [0.25, 0.3) is 10.9 Å². The lowest BCUT2D eigenvalue weighted by molar-refractivity contribution is -0.147. The highest BCUT2D eigenvalue weighted by molar-refractivity contribution is 5.95. The molecule has 7 N–H and O–H groups in total. The number of nitrogens with two attached hydrogens (primary N) is 1. The number of hydrogen-bond acceptors (Lipinski definition) is 6. The molecular formula is C26H37N5O6. The van der Waals surface area contributed by atoms with Crippen molar-refractivity contribution in [2.75, 3.05) is 6.54 Å². The average Bonchev–Trinajstić information content (AvgIpc) is 3.48. The van der Waals surface area contributed by atoms with Crippen LogP contribution in [-0.2, 0) is 25.6 Å². The van der Waals surface area contributed by atoms with Crippen molar-refractivity contribution < 1.29 is 29.4 Å². The molecule has 2 heterocycles. The number of amides is 3. The number of aliphatic hydroxyl groups excluding tert-OH is 1. The minimum absolute atomic E-state index is 0.0700. The first-order valence-electron chi connectivity index (χ1n) is 12.6. The molecule has 1 saturated heterocycles. The summed E-state index contributed by atoms with van der Waals surface area (Å²) in [6, 6.07) is 3.55. The molecule has 11 heteroatoms. The van der Waals surface area contributed by atoms with E-state index >= 15 is 0 Å². The lowest BCUT2D eigenvalue weighted by atomic mass is 10.0. The summed E-state index contributed by atoms with van der Waals surface area (Å²) in [6.45, 7) is 5.42. The maximum Gasteiger partial charge on any atom is 0.328 e. The van der Waals surface area contributed by atoms with Crippen molar-refractivity contribution in [3.8, 4) is 0 Å². The van der Waals surface area contributed by atoms with E-state index in [0.29, 0.717) is 25.8 Å². The van der Waals surface area contributed by atoms with Crippen LogP contribution in [0.15, 0.2) is 30.5 Å². The van der Waals surface area contributed by atoms with E-state index in [9.17, 15) is 29.4 Å². The third-order valence-electron chi connectivity index (χ3n) is 6.66. The zero-order valence-corrected chi connectivity index (χ0v) is 21.4. The Balaban J connectivity index is 1.70. The van der Waals surface area contributed by atoms with Gasteiger partial charge in [-0.3, -0.25) is 14.4 Å². The van der Waals surface area contributed by atoms with Gasteiger partial charge in [0.05, 0.1) is 12.1 Å². The number of likely N-dealkylation sites (tertiary alicyclic amines) is 1. The summed E-state index contributed by atoms with van der Waals surface area (Å²) >= 11 is 0. The number of H-pyrrole nitrogens is 1. The number of hydrogen-bond donors (Lipinski definition) is 6. The third kappa shape index (κ3) is 6.86. The summed E-state index contributed by atoms with van der Waals surface area (Å²) in [5.74, 6) is -2.83. The van der Waals surface area contributed by atoms with Crippen molar-refractivity contribution in [3.63, 3.8) is 0 Å². The molecule has 1 aromatic carbocycles. The van der Waals surface area contributed by atoms with Gasteiger partial charge in [0.1, 0.15) is 12.1 Å². The summed E-state index contributed by atoms with van der Waals surface area (Å²) in [6.07, 6.45) is 2.05. The molecular weight excluding hydrogens is 478 g/mol. The highest BCUT2D eigenvalue weighted by Gasteiger charge is 2.39. The predicted octanol–water partition coefficient (Wildman–Crippen LogP) is 0.510. The second-order valence-electron chi connectivity index (χ2n) is 10.1. The van der Waals surface area contributed by atoms with Gasteiger partial charge in [0.25, 0.3) is 0 Å². The van der Waals surface area contributed by atoms with Gasteiger partial charge in [0.2, 0.25) is 17.7 Å². The van der Waals surface area contributed by atoms with Gasteiger partial charge >= 0.3 is 5.97 Å². The number of nitrogens with zero attached hydrogens (tertiary/aromatic N) is 1. The van der Waals surface area contributed by atoms with Gasteiger partial charge < -0.3 is 36.5 Å². The molecule has 3 amide bonds. The monoisotopic (exact) mass is 515 g/mol. The Kier molecular flexibility index (Phi) is 9.28. The summed E-state index contributed by atoms with van der Waals surface area (Å²) in [4.78, 5) is 55.3. The van der Waals surface area contributed by atoms with Crippen LogP contribution >= 0.6 is 0 Å². The molecule has 5 unspecified atom stereocenters. The maximum atomic E-state index is 13.5. The highest BCUT2D eigenvalue weighted by Crippen LogP contribution is 2.22. The second kappa shape index (κ2) is 12.2. The van der Waals surface area contributed by atoms with Crippen LogP contribution in [0.1, 0.15) is 45.6 Å². The van der Waals surface area contributed by atoms with Crippen molar-refractivity contribution in [2.24, 2.45) is 11.7 Å². The minimum Gasteiger partial charge on any atom is -0.480 e. The van der Waals surface area contributed by atoms with Crippen LogP contribution in [0.3, 0.4) is 0 Å². The van der Waals surface area contributed by atoms with Gasteiger partial charge in [0, 0.05) is 23.6 Å². The number of aromatic nitrogens is 1. The predicted molar refractivity (Wildman–Crippen MR) is 137 cm³/mol. The van der Waals surface area contributed by atoms with E-state index in [1.807, 2.05) is 44.3 Å². The number of para-hydroxylation sites is 1. The number of nitrogens with one attached hydrogen (secondary N) is 3. The van der Waals surface area contributed by atoms with E-state index in [4.69, 9.17) is 5.73 Å². The van der Waals surface area contributed by atoms with Crippen molar-refractivity contribution in [1.82, 2.24) is 20.5 Å². The van der Waals surface area contributed by atoms with Gasteiger partial charge in [-0.25, -0.2) is 4.79 Å². The Hall–Kier alpha value is -3.44. The molecule has 0 saturated carbocycles. The largest absolute Gasteiger partial charge is 0.480 e. The average molecular weight is 516 g/mol. The van der Waals surface area contributed by atoms with E-state index < -0.39 is 54.0 Å². The third-order valence-corrected chi connectivity index (χ3v) is 6.66. The molecule has 0 aliphatic carbocycles. The van der Waals surface area contributed by atoms with E-state index in [-0.39, 0.29) is 12.3 Å². The van der Waals surface area contributed by atoms with E-state index in [1.165, 1.54) is 11.8 Å². The number of aliphatic hydroxyl groups is 1. The van der Waals surface area contributed by atoms with E-state index in [1.54, 1.807) is 0 Å². The lowest BCUT2D eigenvalue weighted by Crippen LogP contribution is -2.58. The van der Waals surface area contributed by atoms with E-state index in [2.05, 4.69) is 15.6 Å². The Bertz CT molecular complexity index is 1130. The summed E-state index contributed by atoms with van der Waals surface area (Å²) in [5.41, 5.74) is 8.06. The fraction of sp³-hybridized carbons (Fsp3) is 0.538. The minimum atomic E-state index is -1.49. The SMILES string of the molecule is CC(C)CC(NC(=O)C(N)Cc1c[nH]c2ccccc12)C(=O)N1CCCC1C(=O)NC(C(=O)O)C(C)O. The number of carboxylic acids is 1. The number of fused-ring (bicyclic) bond motifs is 1. The van der Waals surface area contributed by atoms with Gasteiger partial charge in [-0.2, -0.15) is 0 Å². The molecule has 5 atom stereocenters. The first-order chi connectivity index (χ1) is 17.5. The van der Waals surface area contributed by atoms with Crippen LogP contribution in [0.4, 0.5) is 0 Å². The molecule has 1 aromatic heterocycles. The van der Waals surface area contributed by atoms with Crippen LogP contribution < -0.4 is 16.4 Å². The number of carboxylic acid groups (broad SMARTS) is 1. The fourth-order valence-corrected chi connectivity index (χ4v) is 4.74. The second-order valence-corrected chi connectivity index (χ2v) is 10.1. The molecule has 202 valence electrons. The topological polar surface area (TPSA) is 178 Å². The van der Waals surface area contributed by atoms with Crippen molar-refractivity contribution in [2.45, 2.75) is 76.7 Å².